The van der Waals surface area contributed by atoms with E-state index in [2.05, 4.69) is 39.6 Å². The zero-order chi connectivity index (χ0) is 16.1. The molecule has 4 rings (SSSR count). The third-order valence-corrected chi connectivity index (χ3v) is 4.89. The molecule has 0 aliphatic heterocycles. The Morgan fingerprint density at radius 3 is 2.83 bits per heavy atom. The van der Waals surface area contributed by atoms with E-state index in [-0.39, 0.29) is 28.4 Å². The first-order valence-corrected chi connectivity index (χ1v) is 7.88. The van der Waals surface area contributed by atoms with Gasteiger partial charge in [0.25, 0.3) is 0 Å². The average Bonchev–Trinajstić information content (AvgIpc) is 3.19. The highest BCUT2D eigenvalue weighted by molar-refractivity contribution is 7.80. The summed E-state index contributed by atoms with van der Waals surface area (Å²) in [6.07, 6.45) is 6.34. The van der Waals surface area contributed by atoms with Crippen LogP contribution in [0.25, 0.3) is 10.9 Å². The molecule has 5 nitrogen and oxygen atoms in total. The van der Waals surface area contributed by atoms with Crippen LogP contribution in [0.4, 0.5) is 10.1 Å². The summed E-state index contributed by atoms with van der Waals surface area (Å²) < 4.78 is 14.6. The van der Waals surface area contributed by atoms with Crippen LogP contribution in [0, 0.1) is 17.7 Å². The van der Waals surface area contributed by atoms with Gasteiger partial charge in [-0.05, 0) is 54.9 Å². The van der Waals surface area contributed by atoms with Crippen LogP contribution >= 0.6 is 12.2 Å². The van der Waals surface area contributed by atoms with Crippen molar-refractivity contribution in [2.45, 2.75) is 18.8 Å². The van der Waals surface area contributed by atoms with Gasteiger partial charge in [0.1, 0.15) is 5.82 Å². The average molecular weight is 330 g/mol. The Kier molecular flexibility index (Phi) is 3.19. The number of nitrogens with one attached hydrogen (secondary N) is 1. The van der Waals surface area contributed by atoms with E-state index in [9.17, 15) is 9.50 Å². The van der Waals surface area contributed by atoms with E-state index in [1.54, 1.807) is 6.07 Å². The second-order valence-corrected chi connectivity index (χ2v) is 6.55. The molecule has 2 aromatic rings. The Balaban J connectivity index is 1.94. The zero-order valence-electron chi connectivity index (χ0n) is 12.2. The van der Waals surface area contributed by atoms with Crippen LogP contribution in [0.2, 0.25) is 0 Å². The lowest BCUT2D eigenvalue weighted by Crippen LogP contribution is -2.08. The first kappa shape index (κ1) is 14.3. The van der Waals surface area contributed by atoms with Crippen molar-refractivity contribution in [3.63, 3.8) is 0 Å². The molecule has 2 aliphatic carbocycles. The van der Waals surface area contributed by atoms with Gasteiger partial charge in [-0.2, -0.15) is 0 Å². The number of nitrogens with two attached hydrogens (primary N) is 1. The first-order valence-electron chi connectivity index (χ1n) is 7.47. The molecular weight excluding hydrogens is 315 g/mol. The van der Waals surface area contributed by atoms with E-state index in [1.807, 2.05) is 0 Å². The summed E-state index contributed by atoms with van der Waals surface area (Å²) in [4.78, 5) is 2.82. The van der Waals surface area contributed by atoms with Crippen LogP contribution in [0.1, 0.15) is 24.3 Å². The van der Waals surface area contributed by atoms with Gasteiger partial charge in [0.15, 0.2) is 5.69 Å². The molecule has 4 N–H and O–H groups in total. The smallest absolute Gasteiger partial charge is 0.218 e. The number of halogens is 1. The molecule has 2 bridgehead atoms. The van der Waals surface area contributed by atoms with Gasteiger partial charge in [0.05, 0.1) is 5.52 Å². The van der Waals surface area contributed by atoms with Gasteiger partial charge in [0, 0.05) is 10.9 Å². The van der Waals surface area contributed by atoms with Crippen LogP contribution < -0.4 is 5.73 Å². The predicted molar refractivity (Wildman–Crippen MR) is 89.3 cm³/mol. The number of aromatic amines is 1. The number of fused-ring (bicyclic) bond motifs is 3. The number of aromatic nitrogens is 1. The molecule has 1 fully saturated rings. The van der Waals surface area contributed by atoms with E-state index in [0.717, 1.165) is 12.8 Å². The summed E-state index contributed by atoms with van der Waals surface area (Å²) in [5, 5.41) is 18.1. The number of azo groups is 1. The summed E-state index contributed by atoms with van der Waals surface area (Å²) in [6.45, 7) is 0. The number of benzene rings is 1. The SMILES string of the molecule is NC(=S)N=Nc1c(O)[nH]c2ccc(F)c(C3CC4C=CC3C4)c12. The number of rotatable bonds is 2. The van der Waals surface area contributed by atoms with E-state index in [1.165, 1.54) is 6.07 Å². The fourth-order valence-electron chi connectivity index (χ4n) is 3.93. The summed E-state index contributed by atoms with van der Waals surface area (Å²) in [6, 6.07) is 3.02. The summed E-state index contributed by atoms with van der Waals surface area (Å²) in [7, 11) is 0. The highest BCUT2D eigenvalue weighted by Gasteiger charge is 2.39. The maximum absolute atomic E-state index is 14.6. The van der Waals surface area contributed by atoms with Gasteiger partial charge in [-0.1, -0.05) is 12.2 Å². The van der Waals surface area contributed by atoms with Crippen LogP contribution in [-0.2, 0) is 0 Å². The van der Waals surface area contributed by atoms with Crippen LogP contribution in [-0.4, -0.2) is 15.2 Å². The van der Waals surface area contributed by atoms with E-state index in [0.29, 0.717) is 28.3 Å². The van der Waals surface area contributed by atoms with Crippen molar-refractivity contribution in [2.24, 2.45) is 27.8 Å². The number of H-pyrrole nitrogens is 1. The molecule has 3 unspecified atom stereocenters. The summed E-state index contributed by atoms with van der Waals surface area (Å²) in [5.74, 6) is 0.480. The van der Waals surface area contributed by atoms with Gasteiger partial charge in [-0.25, -0.2) is 4.39 Å². The van der Waals surface area contributed by atoms with Crippen molar-refractivity contribution in [3.05, 3.63) is 35.7 Å². The first-order chi connectivity index (χ1) is 11.0. The summed E-state index contributed by atoms with van der Waals surface area (Å²) in [5.41, 5.74) is 6.75. The topological polar surface area (TPSA) is 86.8 Å². The monoisotopic (exact) mass is 330 g/mol. The van der Waals surface area contributed by atoms with Crippen molar-refractivity contribution >= 4 is 33.9 Å². The van der Waals surface area contributed by atoms with Gasteiger partial charge >= 0.3 is 0 Å². The van der Waals surface area contributed by atoms with Gasteiger partial charge in [-0.15, -0.1) is 10.2 Å². The Labute approximate surface area is 137 Å². The van der Waals surface area contributed by atoms with E-state index < -0.39 is 0 Å². The largest absolute Gasteiger partial charge is 0.493 e. The van der Waals surface area contributed by atoms with E-state index >= 15 is 0 Å². The minimum atomic E-state index is -0.283. The third-order valence-electron chi connectivity index (χ3n) is 4.80. The molecule has 2 aliphatic rings. The molecule has 3 atom stereocenters. The standard InChI is InChI=1S/C16H15FN4OS/c17-10-3-4-11-13(14(15(22)19-11)20-21-16(18)23)12(10)9-6-7-1-2-8(9)5-7/h1-4,7-9,19,22H,5-6H2,(H2,18,23). The van der Waals surface area contributed by atoms with Crippen molar-refractivity contribution in [1.82, 2.24) is 4.98 Å². The molecule has 23 heavy (non-hydrogen) atoms. The highest BCUT2D eigenvalue weighted by Crippen LogP contribution is 2.52. The molecule has 1 aromatic heterocycles. The quantitative estimate of drug-likeness (QED) is 0.441. The van der Waals surface area contributed by atoms with Crippen LogP contribution in [0.5, 0.6) is 5.88 Å². The highest BCUT2D eigenvalue weighted by atomic mass is 32.1. The van der Waals surface area contributed by atoms with Crippen LogP contribution in [0.3, 0.4) is 0 Å². The number of allylic oxidation sites excluding steroid dienone is 2. The molecule has 0 spiro atoms. The molecule has 0 amide bonds. The van der Waals surface area contributed by atoms with Crippen molar-refractivity contribution in [3.8, 4) is 5.88 Å². The maximum atomic E-state index is 14.6. The lowest BCUT2D eigenvalue weighted by Gasteiger charge is -2.20. The molecular formula is C16H15FN4OS. The zero-order valence-corrected chi connectivity index (χ0v) is 13.0. The predicted octanol–water partition coefficient (Wildman–Crippen LogP) is 4.02. The fourth-order valence-corrected chi connectivity index (χ4v) is 3.97. The van der Waals surface area contributed by atoms with E-state index in [4.69, 9.17) is 5.73 Å². The molecule has 7 heteroatoms. The molecule has 1 aromatic carbocycles. The Bertz CT molecular complexity index is 873. The molecule has 0 saturated heterocycles. The van der Waals surface area contributed by atoms with Crippen molar-refractivity contribution in [1.29, 1.82) is 0 Å². The summed E-state index contributed by atoms with van der Waals surface area (Å²) >= 11 is 4.69. The lowest BCUT2D eigenvalue weighted by molar-refractivity contribution is 0.459. The Hall–Kier alpha value is -2.28. The maximum Gasteiger partial charge on any atom is 0.218 e. The Morgan fingerprint density at radius 2 is 2.17 bits per heavy atom. The number of hydrogen-bond donors (Lipinski definition) is 3. The van der Waals surface area contributed by atoms with Gasteiger partial charge < -0.3 is 15.8 Å². The fraction of sp³-hybridized carbons (Fsp3) is 0.312. The minimum absolute atomic E-state index is 0.0858. The van der Waals surface area contributed by atoms with Crippen molar-refractivity contribution in [2.75, 3.05) is 0 Å². The number of hydrogen-bond acceptors (Lipinski definition) is 3. The lowest BCUT2D eigenvalue weighted by atomic mass is 9.84. The minimum Gasteiger partial charge on any atom is -0.493 e. The number of nitrogens with zero attached hydrogens (tertiary/aromatic N) is 2. The molecule has 0 radical (unpaired) electrons. The van der Waals surface area contributed by atoms with Crippen LogP contribution in [0.15, 0.2) is 34.5 Å². The van der Waals surface area contributed by atoms with Crippen molar-refractivity contribution < 1.29 is 9.50 Å². The van der Waals surface area contributed by atoms with Gasteiger partial charge in [0.2, 0.25) is 11.0 Å². The second-order valence-electron chi connectivity index (χ2n) is 6.13. The number of aromatic hydroxyl groups is 1. The molecule has 1 saturated carbocycles. The van der Waals surface area contributed by atoms with Gasteiger partial charge in [-0.3, -0.25) is 0 Å². The number of thiocarbonyl (C=S) groups is 1. The Morgan fingerprint density at radius 1 is 1.35 bits per heavy atom. The normalized spacial score (nSPS) is 25.9. The molecule has 1 heterocycles. The molecule has 118 valence electrons. The second kappa shape index (κ2) is 5.13. The third kappa shape index (κ3) is 2.23.